The minimum Gasteiger partial charge on any atom is -0.380 e. The fourth-order valence-corrected chi connectivity index (χ4v) is 2.55. The van der Waals surface area contributed by atoms with Crippen LogP contribution in [0.5, 0.6) is 0 Å². The maximum atomic E-state index is 5.21. The second-order valence-corrected chi connectivity index (χ2v) is 5.87. The molecule has 2 rings (SSSR count). The van der Waals surface area contributed by atoms with Crippen molar-refractivity contribution in [3.8, 4) is 0 Å². The lowest BCUT2D eigenvalue weighted by molar-refractivity contribution is 0.185. The van der Waals surface area contributed by atoms with E-state index in [-0.39, 0.29) is 0 Å². The molecule has 0 saturated carbocycles. The molecule has 0 aliphatic heterocycles. The minimum absolute atomic E-state index is 0.337. The molecule has 2 aromatic rings. The number of hydrogen-bond acceptors (Lipinski definition) is 2. The van der Waals surface area contributed by atoms with E-state index >= 15 is 0 Å². The smallest absolute Gasteiger partial charge is 0.0713 e. The highest BCUT2D eigenvalue weighted by Gasteiger charge is 2.13. The minimum atomic E-state index is 0.337. The van der Waals surface area contributed by atoms with Crippen molar-refractivity contribution >= 4 is 5.69 Å². The SMILES string of the molecule is COCc1cccc(NC(CC(C)C)c2ccccc2)c1. The zero-order valence-corrected chi connectivity index (χ0v) is 13.2. The first-order chi connectivity index (χ1) is 10.2. The number of benzene rings is 2. The van der Waals surface area contributed by atoms with Gasteiger partial charge in [-0.05, 0) is 35.6 Å². The van der Waals surface area contributed by atoms with E-state index in [0.717, 1.165) is 12.1 Å². The van der Waals surface area contributed by atoms with Gasteiger partial charge >= 0.3 is 0 Å². The third-order valence-corrected chi connectivity index (χ3v) is 3.49. The quantitative estimate of drug-likeness (QED) is 0.769. The van der Waals surface area contributed by atoms with Crippen LogP contribution in [0.1, 0.15) is 37.4 Å². The van der Waals surface area contributed by atoms with Crippen LogP contribution in [0.2, 0.25) is 0 Å². The number of ether oxygens (including phenoxy) is 1. The molecule has 0 saturated heterocycles. The highest BCUT2D eigenvalue weighted by Crippen LogP contribution is 2.26. The Morgan fingerprint density at radius 1 is 1.00 bits per heavy atom. The van der Waals surface area contributed by atoms with E-state index in [4.69, 9.17) is 4.74 Å². The summed E-state index contributed by atoms with van der Waals surface area (Å²) >= 11 is 0. The molecule has 0 amide bonds. The average molecular weight is 283 g/mol. The van der Waals surface area contributed by atoms with E-state index in [2.05, 4.69) is 73.8 Å². The van der Waals surface area contributed by atoms with Crippen LogP contribution in [0.25, 0.3) is 0 Å². The van der Waals surface area contributed by atoms with Gasteiger partial charge in [0.05, 0.1) is 12.6 Å². The van der Waals surface area contributed by atoms with Gasteiger partial charge in [-0.15, -0.1) is 0 Å². The second-order valence-electron chi connectivity index (χ2n) is 5.87. The van der Waals surface area contributed by atoms with Crippen LogP contribution in [0.3, 0.4) is 0 Å². The van der Waals surface area contributed by atoms with E-state index in [0.29, 0.717) is 18.6 Å². The summed E-state index contributed by atoms with van der Waals surface area (Å²) in [4.78, 5) is 0. The van der Waals surface area contributed by atoms with E-state index in [1.807, 2.05) is 0 Å². The molecular weight excluding hydrogens is 258 g/mol. The summed E-state index contributed by atoms with van der Waals surface area (Å²) in [6.07, 6.45) is 1.11. The van der Waals surface area contributed by atoms with Crippen molar-refractivity contribution in [3.05, 3.63) is 65.7 Å². The molecule has 0 radical (unpaired) electrons. The van der Waals surface area contributed by atoms with Gasteiger partial charge in [-0.3, -0.25) is 0 Å². The topological polar surface area (TPSA) is 21.3 Å². The number of hydrogen-bond donors (Lipinski definition) is 1. The Morgan fingerprint density at radius 3 is 2.43 bits per heavy atom. The van der Waals surface area contributed by atoms with Crippen LogP contribution in [0.15, 0.2) is 54.6 Å². The zero-order valence-electron chi connectivity index (χ0n) is 13.2. The molecule has 1 unspecified atom stereocenters. The van der Waals surface area contributed by atoms with E-state index in [1.165, 1.54) is 11.1 Å². The van der Waals surface area contributed by atoms with E-state index in [9.17, 15) is 0 Å². The highest BCUT2D eigenvalue weighted by molar-refractivity contribution is 5.47. The van der Waals surface area contributed by atoms with Gasteiger partial charge in [-0.25, -0.2) is 0 Å². The van der Waals surface area contributed by atoms with Gasteiger partial charge in [-0.2, -0.15) is 0 Å². The summed E-state index contributed by atoms with van der Waals surface area (Å²) in [5.41, 5.74) is 3.68. The third kappa shape index (κ3) is 4.91. The van der Waals surface area contributed by atoms with Crippen molar-refractivity contribution in [1.29, 1.82) is 0 Å². The molecule has 1 atom stereocenters. The van der Waals surface area contributed by atoms with Crippen LogP contribution < -0.4 is 5.32 Å². The van der Waals surface area contributed by atoms with Crippen LogP contribution in [-0.4, -0.2) is 7.11 Å². The first-order valence-electron chi connectivity index (χ1n) is 7.58. The Kier molecular flexibility index (Phi) is 5.82. The van der Waals surface area contributed by atoms with Crippen molar-refractivity contribution in [1.82, 2.24) is 0 Å². The molecule has 0 spiro atoms. The van der Waals surface area contributed by atoms with E-state index < -0.39 is 0 Å². The van der Waals surface area contributed by atoms with Gasteiger partial charge in [0.15, 0.2) is 0 Å². The monoisotopic (exact) mass is 283 g/mol. The first kappa shape index (κ1) is 15.6. The average Bonchev–Trinajstić information content (AvgIpc) is 2.48. The van der Waals surface area contributed by atoms with Crippen LogP contribution in [-0.2, 0) is 11.3 Å². The lowest BCUT2D eigenvalue weighted by Crippen LogP contribution is -2.13. The van der Waals surface area contributed by atoms with Crippen molar-refractivity contribution in [2.45, 2.75) is 32.9 Å². The van der Waals surface area contributed by atoms with Gasteiger partial charge < -0.3 is 10.1 Å². The number of rotatable bonds is 7. The zero-order chi connectivity index (χ0) is 15.1. The summed E-state index contributed by atoms with van der Waals surface area (Å²) in [7, 11) is 1.73. The predicted molar refractivity (Wildman–Crippen MR) is 89.4 cm³/mol. The Morgan fingerprint density at radius 2 is 1.76 bits per heavy atom. The second kappa shape index (κ2) is 7.84. The Hall–Kier alpha value is -1.80. The normalized spacial score (nSPS) is 12.4. The Bertz CT molecular complexity index is 536. The summed E-state index contributed by atoms with van der Waals surface area (Å²) < 4.78 is 5.21. The maximum absolute atomic E-state index is 5.21. The van der Waals surface area contributed by atoms with Crippen molar-refractivity contribution in [2.75, 3.05) is 12.4 Å². The molecule has 0 bridgehead atoms. The standard InChI is InChI=1S/C19H25NO/c1-15(2)12-19(17-9-5-4-6-10-17)20-18-11-7-8-16(13-18)14-21-3/h4-11,13,15,19-20H,12,14H2,1-3H3. The molecular formula is C19H25NO. The van der Waals surface area contributed by atoms with E-state index in [1.54, 1.807) is 7.11 Å². The molecule has 1 N–H and O–H groups in total. The number of methoxy groups -OCH3 is 1. The molecule has 0 aromatic heterocycles. The van der Waals surface area contributed by atoms with Gasteiger partial charge in [0.25, 0.3) is 0 Å². The van der Waals surface area contributed by atoms with Gasteiger partial charge in [0, 0.05) is 12.8 Å². The molecule has 112 valence electrons. The predicted octanol–water partition coefficient (Wildman–Crippen LogP) is 5.03. The Labute approximate surface area is 128 Å². The summed E-state index contributed by atoms with van der Waals surface area (Å²) in [5.74, 6) is 0.643. The van der Waals surface area contributed by atoms with Crippen LogP contribution >= 0.6 is 0 Å². The molecule has 0 aliphatic rings. The first-order valence-corrected chi connectivity index (χ1v) is 7.58. The molecule has 0 aliphatic carbocycles. The highest BCUT2D eigenvalue weighted by atomic mass is 16.5. The molecule has 2 nitrogen and oxygen atoms in total. The summed E-state index contributed by atoms with van der Waals surface area (Å²) in [6, 6.07) is 19.5. The van der Waals surface area contributed by atoms with Gasteiger partial charge in [-0.1, -0.05) is 56.3 Å². The lowest BCUT2D eigenvalue weighted by atomic mass is 9.96. The number of nitrogens with one attached hydrogen (secondary N) is 1. The van der Waals surface area contributed by atoms with Crippen molar-refractivity contribution < 1.29 is 4.74 Å². The van der Waals surface area contributed by atoms with Crippen molar-refractivity contribution in [2.24, 2.45) is 5.92 Å². The fourth-order valence-electron chi connectivity index (χ4n) is 2.55. The third-order valence-electron chi connectivity index (χ3n) is 3.49. The van der Waals surface area contributed by atoms with Crippen LogP contribution in [0.4, 0.5) is 5.69 Å². The van der Waals surface area contributed by atoms with Crippen LogP contribution in [0, 0.1) is 5.92 Å². The number of anilines is 1. The maximum Gasteiger partial charge on any atom is 0.0713 e. The molecule has 21 heavy (non-hydrogen) atoms. The molecule has 0 fully saturated rings. The molecule has 2 aromatic carbocycles. The van der Waals surface area contributed by atoms with Gasteiger partial charge in [0.2, 0.25) is 0 Å². The fraction of sp³-hybridized carbons (Fsp3) is 0.368. The molecule has 2 heteroatoms. The Balaban J connectivity index is 2.17. The lowest BCUT2D eigenvalue weighted by Gasteiger charge is -2.22. The summed E-state index contributed by atoms with van der Waals surface area (Å²) in [5, 5.41) is 3.67. The van der Waals surface area contributed by atoms with Crippen molar-refractivity contribution in [3.63, 3.8) is 0 Å². The van der Waals surface area contributed by atoms with Gasteiger partial charge in [0.1, 0.15) is 0 Å². The largest absolute Gasteiger partial charge is 0.380 e. The molecule has 0 heterocycles. The summed E-state index contributed by atoms with van der Waals surface area (Å²) in [6.45, 7) is 5.17.